The predicted octanol–water partition coefficient (Wildman–Crippen LogP) is -0.163. The van der Waals surface area contributed by atoms with Crippen LogP contribution in [0.25, 0.3) is 0 Å². The topological polar surface area (TPSA) is 88.0 Å². The first-order valence-corrected chi connectivity index (χ1v) is 4.63. The number of hydrogen-bond acceptors (Lipinski definition) is 5. The molecular formula is C10H11NO5. The molecule has 1 aromatic rings. The van der Waals surface area contributed by atoms with Crippen molar-refractivity contribution in [1.82, 2.24) is 0 Å². The van der Waals surface area contributed by atoms with Crippen LogP contribution in [0, 0.1) is 0 Å². The zero-order valence-electron chi connectivity index (χ0n) is 8.56. The van der Waals surface area contributed by atoms with Crippen LogP contribution in [0.1, 0.15) is 5.56 Å². The van der Waals surface area contributed by atoms with Gasteiger partial charge >= 0.3 is 0 Å². The van der Waals surface area contributed by atoms with Crippen molar-refractivity contribution in [1.29, 1.82) is 0 Å². The number of nitrogens with one attached hydrogen (secondary N) is 1. The fourth-order valence-electron chi connectivity index (χ4n) is 1.53. The van der Waals surface area contributed by atoms with Crippen LogP contribution in [0.2, 0.25) is 0 Å². The van der Waals surface area contributed by atoms with Crippen LogP contribution in [-0.4, -0.2) is 29.5 Å². The molecule has 1 aliphatic rings. The molecule has 1 heterocycles. The molecule has 0 saturated carbocycles. The molecule has 3 N–H and O–H groups in total. The summed E-state index contributed by atoms with van der Waals surface area (Å²) in [5, 5.41) is 20.8. The first-order chi connectivity index (χ1) is 7.67. The van der Waals surface area contributed by atoms with E-state index in [4.69, 9.17) is 14.6 Å². The third kappa shape index (κ3) is 1.58. The minimum absolute atomic E-state index is 0.218. The van der Waals surface area contributed by atoms with E-state index in [1.54, 1.807) is 12.1 Å². The summed E-state index contributed by atoms with van der Waals surface area (Å²) in [6.07, 6.45) is -1.56. The van der Waals surface area contributed by atoms with E-state index in [2.05, 4.69) is 5.32 Å². The molecule has 6 heteroatoms. The minimum atomic E-state index is -1.56. The van der Waals surface area contributed by atoms with Gasteiger partial charge in [0.25, 0.3) is 12.2 Å². The van der Waals surface area contributed by atoms with Gasteiger partial charge in [0.15, 0.2) is 11.5 Å². The van der Waals surface area contributed by atoms with Gasteiger partial charge in [0.1, 0.15) is 0 Å². The average molecular weight is 225 g/mol. The number of hydrogen-bond donors (Lipinski definition) is 3. The first-order valence-electron chi connectivity index (χ1n) is 4.63. The third-order valence-corrected chi connectivity index (χ3v) is 2.28. The SMILES string of the molecule is COc1c(CO)ccc2c1O[C@H](O)C(=O)N2. The van der Waals surface area contributed by atoms with Gasteiger partial charge < -0.3 is 25.0 Å². The molecule has 16 heavy (non-hydrogen) atoms. The Labute approximate surface area is 91.4 Å². The number of benzene rings is 1. The third-order valence-electron chi connectivity index (χ3n) is 2.28. The molecule has 0 unspecified atom stereocenters. The van der Waals surface area contributed by atoms with E-state index < -0.39 is 12.2 Å². The molecule has 0 radical (unpaired) electrons. The highest BCUT2D eigenvalue weighted by molar-refractivity contribution is 5.97. The number of rotatable bonds is 2. The number of amides is 1. The van der Waals surface area contributed by atoms with Crippen LogP contribution < -0.4 is 14.8 Å². The fourth-order valence-corrected chi connectivity index (χ4v) is 1.53. The van der Waals surface area contributed by atoms with Gasteiger partial charge in [-0.15, -0.1) is 0 Å². The van der Waals surface area contributed by atoms with Gasteiger partial charge in [-0.1, -0.05) is 6.07 Å². The Bertz CT molecular complexity index is 431. The van der Waals surface area contributed by atoms with Crippen molar-refractivity contribution in [3.05, 3.63) is 17.7 Å². The highest BCUT2D eigenvalue weighted by Crippen LogP contribution is 2.40. The number of methoxy groups -OCH3 is 1. The van der Waals surface area contributed by atoms with Gasteiger partial charge in [0.2, 0.25) is 0 Å². The van der Waals surface area contributed by atoms with Crippen LogP contribution in [-0.2, 0) is 11.4 Å². The molecule has 0 saturated heterocycles. The van der Waals surface area contributed by atoms with E-state index in [-0.39, 0.29) is 12.4 Å². The second-order valence-corrected chi connectivity index (χ2v) is 3.25. The fraction of sp³-hybridized carbons (Fsp3) is 0.300. The largest absolute Gasteiger partial charge is 0.492 e. The first kappa shape index (κ1) is 10.7. The maximum Gasteiger partial charge on any atom is 0.293 e. The van der Waals surface area contributed by atoms with E-state index in [0.29, 0.717) is 17.0 Å². The molecule has 1 amide bonds. The lowest BCUT2D eigenvalue weighted by Crippen LogP contribution is -2.36. The molecule has 0 spiro atoms. The van der Waals surface area contributed by atoms with Gasteiger partial charge in [-0.2, -0.15) is 0 Å². The van der Waals surface area contributed by atoms with Crippen molar-refractivity contribution in [2.75, 3.05) is 12.4 Å². The molecule has 86 valence electrons. The minimum Gasteiger partial charge on any atom is -0.492 e. The van der Waals surface area contributed by atoms with E-state index in [9.17, 15) is 9.90 Å². The van der Waals surface area contributed by atoms with Crippen molar-refractivity contribution < 1.29 is 24.5 Å². The Balaban J connectivity index is 2.51. The molecule has 0 bridgehead atoms. The number of carbonyl (C=O) groups is 1. The second-order valence-electron chi connectivity index (χ2n) is 3.25. The summed E-state index contributed by atoms with van der Waals surface area (Å²) >= 11 is 0. The molecule has 0 fully saturated rings. The smallest absolute Gasteiger partial charge is 0.293 e. The predicted molar refractivity (Wildman–Crippen MR) is 54.2 cm³/mol. The Morgan fingerprint density at radius 3 is 2.94 bits per heavy atom. The summed E-state index contributed by atoms with van der Waals surface area (Å²) < 4.78 is 10.1. The van der Waals surface area contributed by atoms with E-state index in [1.807, 2.05) is 0 Å². The number of anilines is 1. The van der Waals surface area contributed by atoms with Crippen molar-refractivity contribution in [2.24, 2.45) is 0 Å². The lowest BCUT2D eigenvalue weighted by atomic mass is 10.1. The van der Waals surface area contributed by atoms with Crippen molar-refractivity contribution >= 4 is 11.6 Å². The number of carbonyl (C=O) groups excluding carboxylic acids is 1. The zero-order chi connectivity index (χ0) is 11.7. The van der Waals surface area contributed by atoms with Gasteiger partial charge in [0.05, 0.1) is 19.4 Å². The molecule has 0 aliphatic carbocycles. The number of ether oxygens (including phenoxy) is 2. The van der Waals surface area contributed by atoms with E-state index >= 15 is 0 Å². The second kappa shape index (κ2) is 3.99. The van der Waals surface area contributed by atoms with Crippen LogP contribution in [0.15, 0.2) is 12.1 Å². The van der Waals surface area contributed by atoms with E-state index in [0.717, 1.165) is 0 Å². The monoisotopic (exact) mass is 225 g/mol. The lowest BCUT2D eigenvalue weighted by molar-refractivity contribution is -0.139. The quantitative estimate of drug-likeness (QED) is 0.650. The molecule has 2 rings (SSSR count). The van der Waals surface area contributed by atoms with Crippen molar-refractivity contribution in [2.45, 2.75) is 12.9 Å². The molecule has 1 aliphatic heterocycles. The average Bonchev–Trinajstić information content (AvgIpc) is 2.29. The summed E-state index contributed by atoms with van der Waals surface area (Å²) in [6, 6.07) is 3.19. The maximum atomic E-state index is 11.1. The Kier molecular flexibility index (Phi) is 2.67. The summed E-state index contributed by atoms with van der Waals surface area (Å²) in [6.45, 7) is -0.218. The van der Waals surface area contributed by atoms with Crippen LogP contribution in [0.4, 0.5) is 5.69 Å². The van der Waals surface area contributed by atoms with Crippen LogP contribution >= 0.6 is 0 Å². The molecule has 1 aromatic carbocycles. The van der Waals surface area contributed by atoms with Gasteiger partial charge in [-0.05, 0) is 6.07 Å². The van der Waals surface area contributed by atoms with Crippen LogP contribution in [0.3, 0.4) is 0 Å². The Hall–Kier alpha value is -1.79. The summed E-state index contributed by atoms with van der Waals surface area (Å²) in [7, 11) is 1.42. The number of fused-ring (bicyclic) bond motifs is 1. The highest BCUT2D eigenvalue weighted by atomic mass is 16.6. The summed E-state index contributed by atoms with van der Waals surface area (Å²) in [5.74, 6) is -0.105. The molecular weight excluding hydrogens is 214 g/mol. The normalized spacial score (nSPS) is 18.4. The standard InChI is InChI=1S/C10H11NO5/c1-15-7-5(4-12)2-3-6-8(7)16-10(14)9(13)11-6/h2-3,10,12,14H,4H2,1H3,(H,11,13)/t10-/m0/s1. The number of aliphatic hydroxyl groups excluding tert-OH is 2. The van der Waals surface area contributed by atoms with Crippen molar-refractivity contribution in [3.63, 3.8) is 0 Å². The van der Waals surface area contributed by atoms with Gasteiger partial charge in [-0.3, -0.25) is 4.79 Å². The molecule has 0 aromatic heterocycles. The highest BCUT2D eigenvalue weighted by Gasteiger charge is 2.29. The maximum absolute atomic E-state index is 11.1. The number of aliphatic hydroxyl groups is 2. The van der Waals surface area contributed by atoms with Gasteiger partial charge in [0, 0.05) is 5.56 Å². The van der Waals surface area contributed by atoms with Gasteiger partial charge in [-0.25, -0.2) is 0 Å². The summed E-state index contributed by atoms with van der Waals surface area (Å²) in [4.78, 5) is 11.1. The lowest BCUT2D eigenvalue weighted by Gasteiger charge is -2.24. The van der Waals surface area contributed by atoms with Crippen molar-refractivity contribution in [3.8, 4) is 11.5 Å². The Morgan fingerprint density at radius 2 is 2.31 bits per heavy atom. The van der Waals surface area contributed by atoms with Crippen LogP contribution in [0.5, 0.6) is 11.5 Å². The summed E-state index contributed by atoms with van der Waals surface area (Å²) in [5.41, 5.74) is 0.925. The molecule has 1 atom stereocenters. The molecule has 6 nitrogen and oxygen atoms in total. The zero-order valence-corrected chi connectivity index (χ0v) is 8.56. The van der Waals surface area contributed by atoms with E-state index in [1.165, 1.54) is 7.11 Å². The Morgan fingerprint density at radius 1 is 1.56 bits per heavy atom.